The van der Waals surface area contributed by atoms with E-state index >= 15 is 0 Å². The number of benzene rings is 2. The maximum absolute atomic E-state index is 12.6. The molecule has 5 heteroatoms. The Morgan fingerprint density at radius 1 is 1.08 bits per heavy atom. The molecule has 0 bridgehead atoms. The fraction of sp³-hybridized carbons (Fsp3) is 0.158. The van der Waals surface area contributed by atoms with E-state index in [1.807, 2.05) is 61.5 Å². The number of carbonyl (C=O) groups excluding carboxylic acids is 1. The van der Waals surface area contributed by atoms with Crippen molar-refractivity contribution in [3.05, 3.63) is 81.8 Å². The third-order valence-corrected chi connectivity index (χ3v) is 4.61. The second-order valence-corrected chi connectivity index (χ2v) is 6.57. The van der Waals surface area contributed by atoms with Gasteiger partial charge in [-0.3, -0.25) is 4.79 Å². The van der Waals surface area contributed by atoms with E-state index in [1.165, 1.54) is 11.3 Å². The fourth-order valence-corrected chi connectivity index (χ4v) is 3.15. The van der Waals surface area contributed by atoms with Crippen LogP contribution in [-0.2, 0) is 0 Å². The van der Waals surface area contributed by atoms with Crippen molar-refractivity contribution in [3.63, 3.8) is 0 Å². The summed E-state index contributed by atoms with van der Waals surface area (Å²) in [5.74, 6) is 0.667. The van der Waals surface area contributed by atoms with E-state index in [9.17, 15) is 4.79 Å². The fourth-order valence-electron chi connectivity index (χ4n) is 2.47. The number of carbonyl (C=O) groups is 1. The standard InChI is InChI=1S/C19H18N2O2S/c1-13-20-12-17(24-13)19(22)21-18(14-6-4-3-5-7-14)15-8-10-16(23-2)11-9-15/h3-12,18H,1-2H3,(H,21,22). The van der Waals surface area contributed by atoms with Crippen LogP contribution < -0.4 is 10.1 Å². The summed E-state index contributed by atoms with van der Waals surface area (Å²) in [5, 5.41) is 3.98. The normalized spacial score (nSPS) is 11.8. The molecular formula is C19H18N2O2S. The molecule has 2 aromatic carbocycles. The molecule has 1 heterocycles. The lowest BCUT2D eigenvalue weighted by Gasteiger charge is -2.19. The number of hydrogen-bond donors (Lipinski definition) is 1. The van der Waals surface area contributed by atoms with Gasteiger partial charge in [-0.05, 0) is 30.2 Å². The van der Waals surface area contributed by atoms with Gasteiger partial charge in [-0.2, -0.15) is 0 Å². The molecule has 3 rings (SSSR count). The summed E-state index contributed by atoms with van der Waals surface area (Å²) >= 11 is 1.39. The molecular weight excluding hydrogens is 320 g/mol. The van der Waals surface area contributed by atoms with E-state index in [-0.39, 0.29) is 11.9 Å². The highest BCUT2D eigenvalue weighted by atomic mass is 32.1. The summed E-state index contributed by atoms with van der Waals surface area (Å²) in [5.41, 5.74) is 2.02. The highest BCUT2D eigenvalue weighted by Crippen LogP contribution is 2.25. The van der Waals surface area contributed by atoms with E-state index < -0.39 is 0 Å². The maximum atomic E-state index is 12.6. The van der Waals surface area contributed by atoms with Crippen molar-refractivity contribution < 1.29 is 9.53 Å². The van der Waals surface area contributed by atoms with Gasteiger partial charge in [0.2, 0.25) is 0 Å². The highest BCUT2D eigenvalue weighted by molar-refractivity contribution is 7.13. The van der Waals surface area contributed by atoms with Gasteiger partial charge in [0.05, 0.1) is 24.4 Å². The van der Waals surface area contributed by atoms with E-state index in [2.05, 4.69) is 10.3 Å². The van der Waals surface area contributed by atoms with Crippen molar-refractivity contribution in [2.24, 2.45) is 0 Å². The lowest BCUT2D eigenvalue weighted by molar-refractivity contribution is 0.0947. The molecule has 4 nitrogen and oxygen atoms in total. The van der Waals surface area contributed by atoms with Gasteiger partial charge in [0, 0.05) is 0 Å². The summed E-state index contributed by atoms with van der Waals surface area (Å²) in [6.45, 7) is 1.89. The molecule has 1 amide bonds. The van der Waals surface area contributed by atoms with Crippen molar-refractivity contribution in [3.8, 4) is 5.75 Å². The van der Waals surface area contributed by atoms with Crippen molar-refractivity contribution >= 4 is 17.2 Å². The van der Waals surface area contributed by atoms with Gasteiger partial charge in [0.15, 0.2) is 0 Å². The van der Waals surface area contributed by atoms with Gasteiger partial charge in [-0.1, -0.05) is 42.5 Å². The van der Waals surface area contributed by atoms with Crippen LogP contribution in [-0.4, -0.2) is 18.0 Å². The Morgan fingerprint density at radius 3 is 2.33 bits per heavy atom. The smallest absolute Gasteiger partial charge is 0.263 e. The van der Waals surface area contributed by atoms with Crippen molar-refractivity contribution in [2.45, 2.75) is 13.0 Å². The van der Waals surface area contributed by atoms with Crippen LogP contribution in [0.25, 0.3) is 0 Å². The monoisotopic (exact) mass is 338 g/mol. The van der Waals surface area contributed by atoms with Crippen LogP contribution in [0.3, 0.4) is 0 Å². The van der Waals surface area contributed by atoms with Gasteiger partial charge in [-0.25, -0.2) is 4.98 Å². The highest BCUT2D eigenvalue weighted by Gasteiger charge is 2.19. The number of nitrogens with one attached hydrogen (secondary N) is 1. The van der Waals surface area contributed by atoms with Crippen LogP contribution >= 0.6 is 11.3 Å². The van der Waals surface area contributed by atoms with Crippen LogP contribution in [0.15, 0.2) is 60.8 Å². The first kappa shape index (κ1) is 16.2. The van der Waals surface area contributed by atoms with Crippen LogP contribution in [0.5, 0.6) is 5.75 Å². The van der Waals surface area contributed by atoms with Crippen molar-refractivity contribution in [1.29, 1.82) is 0 Å². The Morgan fingerprint density at radius 2 is 1.75 bits per heavy atom. The lowest BCUT2D eigenvalue weighted by Crippen LogP contribution is -2.28. The van der Waals surface area contributed by atoms with Gasteiger partial charge in [0.25, 0.3) is 5.91 Å². The topological polar surface area (TPSA) is 51.2 Å². The number of nitrogens with zero attached hydrogens (tertiary/aromatic N) is 1. The zero-order valence-corrected chi connectivity index (χ0v) is 14.3. The second kappa shape index (κ2) is 7.27. The molecule has 0 fully saturated rings. The quantitative estimate of drug-likeness (QED) is 0.765. The molecule has 1 N–H and O–H groups in total. The molecule has 0 aliphatic heterocycles. The van der Waals surface area contributed by atoms with E-state index in [4.69, 9.17) is 4.74 Å². The zero-order valence-electron chi connectivity index (χ0n) is 13.5. The van der Waals surface area contributed by atoms with Gasteiger partial charge in [-0.15, -0.1) is 11.3 Å². The molecule has 0 aliphatic rings. The molecule has 1 aromatic heterocycles. The number of aryl methyl sites for hydroxylation is 1. The van der Waals surface area contributed by atoms with Gasteiger partial charge in [0.1, 0.15) is 10.6 Å². The molecule has 1 unspecified atom stereocenters. The summed E-state index contributed by atoms with van der Waals surface area (Å²) in [6.07, 6.45) is 1.62. The number of hydrogen-bond acceptors (Lipinski definition) is 4. The van der Waals surface area contributed by atoms with E-state index in [0.29, 0.717) is 4.88 Å². The van der Waals surface area contributed by atoms with Crippen LogP contribution in [0.2, 0.25) is 0 Å². The molecule has 0 aliphatic carbocycles. The first-order chi connectivity index (χ1) is 11.7. The molecule has 0 saturated heterocycles. The van der Waals surface area contributed by atoms with E-state index in [0.717, 1.165) is 21.9 Å². The average molecular weight is 338 g/mol. The minimum atomic E-state index is -0.230. The predicted molar refractivity (Wildman–Crippen MR) is 95.6 cm³/mol. The number of thiazole rings is 1. The molecule has 3 aromatic rings. The van der Waals surface area contributed by atoms with Crippen LogP contribution in [0.1, 0.15) is 31.8 Å². The Bertz CT molecular complexity index is 813. The Kier molecular flexibility index (Phi) is 4.91. The lowest BCUT2D eigenvalue weighted by atomic mass is 9.98. The maximum Gasteiger partial charge on any atom is 0.263 e. The van der Waals surface area contributed by atoms with Crippen LogP contribution in [0, 0.1) is 6.92 Å². The third kappa shape index (κ3) is 3.63. The SMILES string of the molecule is COc1ccc(C(NC(=O)c2cnc(C)s2)c2ccccc2)cc1. The first-order valence-corrected chi connectivity index (χ1v) is 8.41. The molecule has 1 atom stereocenters. The van der Waals surface area contributed by atoms with Gasteiger partial charge < -0.3 is 10.1 Å². The minimum absolute atomic E-state index is 0.120. The van der Waals surface area contributed by atoms with E-state index in [1.54, 1.807) is 13.3 Å². The Balaban J connectivity index is 1.91. The summed E-state index contributed by atoms with van der Waals surface area (Å²) < 4.78 is 5.21. The molecule has 0 saturated carbocycles. The Hall–Kier alpha value is -2.66. The molecule has 24 heavy (non-hydrogen) atoms. The number of rotatable bonds is 5. The number of methoxy groups -OCH3 is 1. The largest absolute Gasteiger partial charge is 0.497 e. The zero-order chi connectivity index (χ0) is 16.9. The van der Waals surface area contributed by atoms with Crippen LogP contribution in [0.4, 0.5) is 0 Å². The number of ether oxygens (including phenoxy) is 1. The summed E-state index contributed by atoms with van der Waals surface area (Å²) in [7, 11) is 1.64. The molecule has 0 radical (unpaired) electrons. The summed E-state index contributed by atoms with van der Waals surface area (Å²) in [4.78, 5) is 17.3. The number of aromatic nitrogens is 1. The predicted octanol–water partition coefficient (Wildman–Crippen LogP) is 3.98. The third-order valence-electron chi connectivity index (χ3n) is 3.70. The number of amides is 1. The van der Waals surface area contributed by atoms with Crippen molar-refractivity contribution in [1.82, 2.24) is 10.3 Å². The Labute approximate surface area is 145 Å². The first-order valence-electron chi connectivity index (χ1n) is 7.59. The second-order valence-electron chi connectivity index (χ2n) is 5.33. The molecule has 122 valence electrons. The summed E-state index contributed by atoms with van der Waals surface area (Å²) in [6, 6.07) is 17.4. The average Bonchev–Trinajstić information content (AvgIpc) is 3.07. The minimum Gasteiger partial charge on any atom is -0.497 e. The van der Waals surface area contributed by atoms with Gasteiger partial charge >= 0.3 is 0 Å². The molecule has 0 spiro atoms. The van der Waals surface area contributed by atoms with Crippen molar-refractivity contribution in [2.75, 3.05) is 7.11 Å².